The van der Waals surface area contributed by atoms with E-state index in [0.717, 1.165) is 5.69 Å². The second-order valence-electron chi connectivity index (χ2n) is 3.62. The number of benzene rings is 1. The molecule has 1 unspecified atom stereocenters. The summed E-state index contributed by atoms with van der Waals surface area (Å²) in [6, 6.07) is 6.67. The van der Waals surface area contributed by atoms with Gasteiger partial charge in [-0.05, 0) is 30.7 Å². The summed E-state index contributed by atoms with van der Waals surface area (Å²) in [5, 5.41) is 3.02. The maximum absolute atomic E-state index is 10.7. The predicted octanol–water partition coefficient (Wildman–Crippen LogP) is 1.35. The van der Waals surface area contributed by atoms with E-state index in [1.807, 2.05) is 6.92 Å². The molecule has 1 rings (SSSR count). The summed E-state index contributed by atoms with van der Waals surface area (Å²) in [6.07, 6.45) is 0.601. The first-order valence-corrected chi connectivity index (χ1v) is 6.59. The molecule has 0 aliphatic carbocycles. The molecule has 0 aromatic heterocycles. The minimum absolute atomic E-state index is 0.298. The van der Waals surface area contributed by atoms with Gasteiger partial charge in [-0.25, -0.2) is 0 Å². The van der Waals surface area contributed by atoms with Crippen molar-refractivity contribution in [2.75, 3.05) is 16.8 Å². The third-order valence-electron chi connectivity index (χ3n) is 2.19. The minimum Gasteiger partial charge on any atom is -0.399 e. The molecule has 1 aromatic rings. The van der Waals surface area contributed by atoms with Gasteiger partial charge in [-0.3, -0.25) is 4.55 Å². The van der Waals surface area contributed by atoms with Crippen LogP contribution in [0.2, 0.25) is 0 Å². The summed E-state index contributed by atoms with van der Waals surface area (Å²) < 4.78 is 30.2. The van der Waals surface area contributed by atoms with Crippen LogP contribution < -0.4 is 11.1 Å². The third-order valence-corrected chi connectivity index (χ3v) is 3.01. The van der Waals surface area contributed by atoms with Crippen LogP contribution >= 0.6 is 0 Å². The van der Waals surface area contributed by atoms with E-state index >= 15 is 0 Å². The van der Waals surface area contributed by atoms with E-state index in [4.69, 9.17) is 10.3 Å². The van der Waals surface area contributed by atoms with E-state index in [-0.39, 0.29) is 11.8 Å². The highest BCUT2D eigenvalue weighted by atomic mass is 32.2. The number of hydrogen-bond donors (Lipinski definition) is 3. The van der Waals surface area contributed by atoms with Crippen molar-refractivity contribution >= 4 is 21.5 Å². The van der Waals surface area contributed by atoms with Gasteiger partial charge in [0.15, 0.2) is 0 Å². The van der Waals surface area contributed by atoms with Crippen molar-refractivity contribution in [1.82, 2.24) is 0 Å². The topological polar surface area (TPSA) is 92.4 Å². The van der Waals surface area contributed by atoms with Crippen LogP contribution in [0.25, 0.3) is 0 Å². The zero-order valence-corrected chi connectivity index (χ0v) is 9.87. The number of nitrogens with one attached hydrogen (secondary N) is 1. The molecule has 0 heterocycles. The number of nitrogens with two attached hydrogens (primary N) is 1. The number of nitrogen functional groups attached to an aromatic ring is 1. The molecule has 1 atom stereocenters. The molecule has 1 aromatic carbocycles. The molecule has 0 bridgehead atoms. The van der Waals surface area contributed by atoms with Gasteiger partial charge < -0.3 is 11.1 Å². The van der Waals surface area contributed by atoms with E-state index in [2.05, 4.69) is 5.32 Å². The molecule has 0 amide bonds. The van der Waals surface area contributed by atoms with E-state index in [0.29, 0.717) is 12.1 Å². The van der Waals surface area contributed by atoms with Crippen LogP contribution in [0.4, 0.5) is 11.4 Å². The minimum atomic E-state index is -3.95. The van der Waals surface area contributed by atoms with E-state index in [1.165, 1.54) is 0 Å². The quantitative estimate of drug-likeness (QED) is 0.537. The number of rotatable bonds is 5. The van der Waals surface area contributed by atoms with Crippen molar-refractivity contribution in [2.45, 2.75) is 19.4 Å². The van der Waals surface area contributed by atoms with Gasteiger partial charge >= 0.3 is 0 Å². The maximum Gasteiger partial charge on any atom is 0.266 e. The van der Waals surface area contributed by atoms with Crippen LogP contribution in [0.1, 0.15) is 13.3 Å². The molecule has 16 heavy (non-hydrogen) atoms. The molecule has 0 spiro atoms. The molecule has 4 N–H and O–H groups in total. The summed E-state index contributed by atoms with van der Waals surface area (Å²) in [7, 11) is -3.95. The van der Waals surface area contributed by atoms with Crippen molar-refractivity contribution in [3.05, 3.63) is 24.3 Å². The van der Waals surface area contributed by atoms with Gasteiger partial charge in [-0.1, -0.05) is 6.92 Å². The lowest BCUT2D eigenvalue weighted by Crippen LogP contribution is -2.27. The Hall–Kier alpha value is -1.27. The molecule has 5 nitrogen and oxygen atoms in total. The first kappa shape index (κ1) is 12.8. The highest BCUT2D eigenvalue weighted by molar-refractivity contribution is 7.85. The molecule has 0 aliphatic heterocycles. The van der Waals surface area contributed by atoms with Gasteiger partial charge in [0.25, 0.3) is 10.1 Å². The largest absolute Gasteiger partial charge is 0.399 e. The van der Waals surface area contributed by atoms with E-state index < -0.39 is 10.1 Å². The monoisotopic (exact) mass is 244 g/mol. The van der Waals surface area contributed by atoms with Crippen molar-refractivity contribution < 1.29 is 13.0 Å². The van der Waals surface area contributed by atoms with Crippen molar-refractivity contribution in [1.29, 1.82) is 0 Å². The fourth-order valence-corrected chi connectivity index (χ4v) is 2.16. The highest BCUT2D eigenvalue weighted by Gasteiger charge is 2.14. The van der Waals surface area contributed by atoms with Crippen LogP contribution in [0, 0.1) is 0 Å². The fourth-order valence-electron chi connectivity index (χ4n) is 1.33. The van der Waals surface area contributed by atoms with Crippen LogP contribution in [0.5, 0.6) is 0 Å². The van der Waals surface area contributed by atoms with Crippen LogP contribution in [0.15, 0.2) is 24.3 Å². The lowest BCUT2D eigenvalue weighted by atomic mass is 10.2. The van der Waals surface area contributed by atoms with Gasteiger partial charge in [-0.15, -0.1) is 0 Å². The predicted molar refractivity (Wildman–Crippen MR) is 65.0 cm³/mol. The lowest BCUT2D eigenvalue weighted by Gasteiger charge is -2.16. The second kappa shape index (κ2) is 5.18. The Morgan fingerprint density at radius 1 is 1.38 bits per heavy atom. The Morgan fingerprint density at radius 3 is 2.38 bits per heavy atom. The second-order valence-corrected chi connectivity index (χ2v) is 5.12. The smallest absolute Gasteiger partial charge is 0.266 e. The van der Waals surface area contributed by atoms with Gasteiger partial charge in [0, 0.05) is 17.4 Å². The zero-order chi connectivity index (χ0) is 12.2. The van der Waals surface area contributed by atoms with E-state index in [9.17, 15) is 8.42 Å². The van der Waals surface area contributed by atoms with Gasteiger partial charge in [-0.2, -0.15) is 8.42 Å². The van der Waals surface area contributed by atoms with Gasteiger partial charge in [0.1, 0.15) is 0 Å². The first-order valence-electron chi connectivity index (χ1n) is 4.98. The van der Waals surface area contributed by atoms with E-state index in [1.54, 1.807) is 24.3 Å². The molecule has 0 aliphatic rings. The molecule has 0 saturated carbocycles. The molecule has 0 radical (unpaired) electrons. The molecular formula is C10H16N2O3S. The summed E-state index contributed by atoms with van der Waals surface area (Å²) in [5.41, 5.74) is 6.96. The Morgan fingerprint density at radius 2 is 1.94 bits per heavy atom. The van der Waals surface area contributed by atoms with Gasteiger partial charge in [0.05, 0.1) is 5.75 Å². The van der Waals surface area contributed by atoms with Crippen LogP contribution in [0.3, 0.4) is 0 Å². The zero-order valence-electron chi connectivity index (χ0n) is 9.05. The molecule has 6 heteroatoms. The summed E-state index contributed by atoms with van der Waals surface area (Å²) in [5.74, 6) is -0.298. The SMILES string of the molecule is CCC(CS(=O)(=O)O)Nc1ccc(N)cc1. The average Bonchev–Trinajstić information content (AvgIpc) is 2.18. The van der Waals surface area contributed by atoms with Crippen LogP contribution in [-0.4, -0.2) is 24.8 Å². The summed E-state index contributed by atoms with van der Waals surface area (Å²) >= 11 is 0. The Labute approximate surface area is 95.4 Å². The fraction of sp³-hybridized carbons (Fsp3) is 0.400. The van der Waals surface area contributed by atoms with Crippen molar-refractivity contribution in [3.8, 4) is 0 Å². The highest BCUT2D eigenvalue weighted by Crippen LogP contribution is 2.13. The van der Waals surface area contributed by atoms with Crippen molar-refractivity contribution in [2.24, 2.45) is 0 Å². The first-order chi connectivity index (χ1) is 7.40. The molecule has 0 fully saturated rings. The summed E-state index contributed by atoms with van der Waals surface area (Å²) in [6.45, 7) is 1.85. The van der Waals surface area contributed by atoms with Gasteiger partial charge in [0.2, 0.25) is 0 Å². The normalized spacial score (nSPS) is 13.4. The average molecular weight is 244 g/mol. The number of hydrogen-bond acceptors (Lipinski definition) is 4. The standard InChI is InChI=1S/C10H16N2O3S/c1-2-9(7-16(13,14)15)12-10-5-3-8(11)4-6-10/h3-6,9,12H,2,7,11H2,1H3,(H,13,14,15). The summed E-state index contributed by atoms with van der Waals surface area (Å²) in [4.78, 5) is 0. The molecular weight excluding hydrogens is 228 g/mol. The Bertz CT molecular complexity index is 428. The Balaban J connectivity index is 2.67. The number of anilines is 2. The van der Waals surface area contributed by atoms with Crippen LogP contribution in [-0.2, 0) is 10.1 Å². The maximum atomic E-state index is 10.7. The third kappa shape index (κ3) is 4.50. The lowest BCUT2D eigenvalue weighted by molar-refractivity contribution is 0.477. The van der Waals surface area contributed by atoms with Crippen molar-refractivity contribution in [3.63, 3.8) is 0 Å². The molecule has 0 saturated heterocycles. The Kier molecular flexibility index (Phi) is 4.14. The molecule has 90 valence electrons.